The third kappa shape index (κ3) is 4.87. The summed E-state index contributed by atoms with van der Waals surface area (Å²) in [6, 6.07) is 4.73. The molecule has 2 rings (SSSR count). The summed E-state index contributed by atoms with van der Waals surface area (Å²) in [7, 11) is 0. The van der Waals surface area contributed by atoms with Crippen LogP contribution in [0.4, 0.5) is 13.2 Å². The lowest BCUT2D eigenvalue weighted by Crippen LogP contribution is -2.46. The van der Waals surface area contributed by atoms with Gasteiger partial charge in [-0.15, -0.1) is 0 Å². The molecule has 22 heavy (non-hydrogen) atoms. The number of aryl methyl sites for hydroxylation is 1. The molecule has 1 aromatic carbocycles. The first-order valence-electron chi connectivity index (χ1n) is 7.12. The monoisotopic (exact) mass is 334 g/mol. The van der Waals surface area contributed by atoms with Gasteiger partial charge in [0.1, 0.15) is 6.04 Å². The first-order valence-corrected chi connectivity index (χ1v) is 7.89. The summed E-state index contributed by atoms with van der Waals surface area (Å²) in [6.45, 7) is 7.40. The van der Waals surface area contributed by atoms with Crippen LogP contribution in [0, 0.1) is 6.92 Å². The van der Waals surface area contributed by atoms with Crippen LogP contribution in [0.5, 0.6) is 0 Å². The fourth-order valence-corrected chi connectivity index (χ4v) is 3.33. The molecule has 1 aliphatic rings. The number of benzene rings is 1. The molecule has 124 valence electrons. The smallest absolute Gasteiger partial charge is 0.373 e. The van der Waals surface area contributed by atoms with Gasteiger partial charge >= 0.3 is 6.18 Å². The number of halogens is 3. The Morgan fingerprint density at radius 1 is 1.27 bits per heavy atom. The second kappa shape index (κ2) is 6.78. The lowest BCUT2D eigenvalue weighted by Gasteiger charge is -2.37. The van der Waals surface area contributed by atoms with Gasteiger partial charge in [0.15, 0.2) is 0 Å². The average Bonchev–Trinajstić information content (AvgIpc) is 2.38. The molecule has 1 aromatic rings. The van der Waals surface area contributed by atoms with E-state index in [1.165, 1.54) is 12.1 Å². The minimum atomic E-state index is -4.34. The predicted octanol–water partition coefficient (Wildman–Crippen LogP) is 3.86. The highest BCUT2D eigenvalue weighted by molar-refractivity contribution is 7.95. The van der Waals surface area contributed by atoms with Crippen LogP contribution >= 0.6 is 12.1 Å². The molecule has 0 saturated carbocycles. The Hall–Kier alpha value is -0.760. The largest absolute Gasteiger partial charge is 0.408 e. The molecule has 1 heterocycles. The quantitative estimate of drug-likeness (QED) is 0.845. The van der Waals surface area contributed by atoms with Gasteiger partial charge in [0.05, 0.1) is 12.2 Å². The summed E-state index contributed by atoms with van der Waals surface area (Å²) in [6.07, 6.45) is -4.34. The van der Waals surface area contributed by atoms with Gasteiger partial charge < -0.3 is 4.74 Å². The van der Waals surface area contributed by atoms with E-state index in [0.717, 1.165) is 17.7 Å². The van der Waals surface area contributed by atoms with Crippen LogP contribution in [-0.4, -0.2) is 35.8 Å². The Bertz CT molecular complexity index is 491. The highest BCUT2D eigenvalue weighted by Crippen LogP contribution is 2.35. The standard InChI is InChI=1S/C15H21F3N2OS/c1-11-4-6-12(7-5-11)13(15(16,17)18)19-22-20-8-9-21-14(2,3)10-20/h4-7,13,19H,8-10H2,1-3H3. The second-order valence-corrected chi connectivity index (χ2v) is 7.00. The molecule has 0 aliphatic carbocycles. The number of ether oxygens (including phenoxy) is 1. The maximum atomic E-state index is 13.3. The summed E-state index contributed by atoms with van der Waals surface area (Å²) in [5.74, 6) is 0. The van der Waals surface area contributed by atoms with Crippen molar-refractivity contribution in [3.05, 3.63) is 35.4 Å². The van der Waals surface area contributed by atoms with Crippen LogP contribution in [0.2, 0.25) is 0 Å². The average molecular weight is 334 g/mol. The van der Waals surface area contributed by atoms with Crippen molar-refractivity contribution < 1.29 is 17.9 Å². The molecule has 1 unspecified atom stereocenters. The van der Waals surface area contributed by atoms with E-state index in [0.29, 0.717) is 19.7 Å². The number of hydrogen-bond donors (Lipinski definition) is 1. The Balaban J connectivity index is 2.03. The number of nitrogens with one attached hydrogen (secondary N) is 1. The van der Waals surface area contributed by atoms with Crippen molar-refractivity contribution >= 4 is 12.1 Å². The number of morpholine rings is 1. The van der Waals surface area contributed by atoms with Crippen molar-refractivity contribution in [2.24, 2.45) is 0 Å². The van der Waals surface area contributed by atoms with Crippen molar-refractivity contribution in [2.75, 3.05) is 19.7 Å². The summed E-state index contributed by atoms with van der Waals surface area (Å²) in [5.41, 5.74) is 0.815. The van der Waals surface area contributed by atoms with Gasteiger partial charge in [0, 0.05) is 25.2 Å². The fourth-order valence-electron chi connectivity index (χ4n) is 2.26. The minimum absolute atomic E-state index is 0.220. The zero-order valence-corrected chi connectivity index (χ0v) is 13.7. The summed E-state index contributed by atoms with van der Waals surface area (Å²) in [4.78, 5) is 0. The van der Waals surface area contributed by atoms with E-state index in [4.69, 9.17) is 4.74 Å². The summed E-state index contributed by atoms with van der Waals surface area (Å²) in [5, 5.41) is 0. The molecule has 1 atom stereocenters. The van der Waals surface area contributed by atoms with E-state index in [1.54, 1.807) is 12.1 Å². The van der Waals surface area contributed by atoms with Crippen LogP contribution in [0.3, 0.4) is 0 Å². The van der Waals surface area contributed by atoms with Crippen molar-refractivity contribution in [1.29, 1.82) is 0 Å². The molecular formula is C15H21F3N2OS. The van der Waals surface area contributed by atoms with Crippen molar-refractivity contribution in [1.82, 2.24) is 9.03 Å². The number of hydrogen-bond acceptors (Lipinski definition) is 4. The van der Waals surface area contributed by atoms with Crippen LogP contribution in [-0.2, 0) is 4.74 Å². The number of alkyl halides is 3. The van der Waals surface area contributed by atoms with Gasteiger partial charge in [0.2, 0.25) is 0 Å². The van der Waals surface area contributed by atoms with E-state index in [1.807, 2.05) is 25.1 Å². The lowest BCUT2D eigenvalue weighted by atomic mass is 10.1. The van der Waals surface area contributed by atoms with Crippen LogP contribution in [0.1, 0.15) is 31.0 Å². The van der Waals surface area contributed by atoms with Gasteiger partial charge in [0.25, 0.3) is 0 Å². The molecule has 0 amide bonds. The first-order chi connectivity index (χ1) is 10.2. The van der Waals surface area contributed by atoms with E-state index < -0.39 is 12.2 Å². The van der Waals surface area contributed by atoms with E-state index in [-0.39, 0.29) is 11.2 Å². The molecule has 0 radical (unpaired) electrons. The van der Waals surface area contributed by atoms with E-state index in [2.05, 4.69) is 4.72 Å². The molecule has 1 saturated heterocycles. The molecule has 1 N–H and O–H groups in total. The van der Waals surface area contributed by atoms with Gasteiger partial charge in [-0.25, -0.2) is 9.03 Å². The van der Waals surface area contributed by atoms with Gasteiger partial charge in [-0.3, -0.25) is 0 Å². The molecule has 7 heteroatoms. The number of rotatable bonds is 4. The highest BCUT2D eigenvalue weighted by Gasteiger charge is 2.41. The Labute approximate surface area is 133 Å². The van der Waals surface area contributed by atoms with Gasteiger partial charge in [-0.2, -0.15) is 13.2 Å². The van der Waals surface area contributed by atoms with Crippen molar-refractivity contribution in [3.8, 4) is 0 Å². The summed E-state index contributed by atoms with van der Waals surface area (Å²) < 4.78 is 49.9. The zero-order valence-electron chi connectivity index (χ0n) is 12.9. The zero-order chi connectivity index (χ0) is 16.4. The molecule has 3 nitrogen and oxygen atoms in total. The number of nitrogens with zero attached hydrogens (tertiary/aromatic N) is 1. The molecule has 0 aromatic heterocycles. The SMILES string of the molecule is Cc1ccc(C(NSN2CCOC(C)(C)C2)C(F)(F)F)cc1. The lowest BCUT2D eigenvalue weighted by molar-refractivity contribution is -0.152. The molecule has 0 bridgehead atoms. The Kier molecular flexibility index (Phi) is 5.42. The normalized spacial score (nSPS) is 20.8. The fraction of sp³-hybridized carbons (Fsp3) is 0.600. The second-order valence-electron chi connectivity index (χ2n) is 6.07. The van der Waals surface area contributed by atoms with Crippen LogP contribution in [0.25, 0.3) is 0 Å². The Morgan fingerprint density at radius 3 is 2.45 bits per heavy atom. The van der Waals surface area contributed by atoms with Crippen LogP contribution in [0.15, 0.2) is 24.3 Å². The molecular weight excluding hydrogens is 313 g/mol. The molecule has 1 fully saturated rings. The van der Waals surface area contributed by atoms with Crippen molar-refractivity contribution in [2.45, 2.75) is 38.6 Å². The highest BCUT2D eigenvalue weighted by atomic mass is 32.2. The Morgan fingerprint density at radius 2 is 1.91 bits per heavy atom. The topological polar surface area (TPSA) is 24.5 Å². The first kappa shape index (κ1) is 17.6. The third-order valence-corrected chi connectivity index (χ3v) is 4.34. The van der Waals surface area contributed by atoms with E-state index in [9.17, 15) is 13.2 Å². The third-order valence-electron chi connectivity index (χ3n) is 3.43. The van der Waals surface area contributed by atoms with Crippen LogP contribution < -0.4 is 4.72 Å². The predicted molar refractivity (Wildman–Crippen MR) is 82.3 cm³/mol. The minimum Gasteiger partial charge on any atom is -0.373 e. The molecule has 1 aliphatic heterocycles. The van der Waals surface area contributed by atoms with Gasteiger partial charge in [-0.05, 0) is 26.3 Å². The van der Waals surface area contributed by atoms with Crippen molar-refractivity contribution in [3.63, 3.8) is 0 Å². The maximum absolute atomic E-state index is 13.3. The maximum Gasteiger partial charge on any atom is 0.408 e. The summed E-state index contributed by atoms with van der Waals surface area (Å²) >= 11 is 1.02. The molecule has 0 spiro atoms. The van der Waals surface area contributed by atoms with Gasteiger partial charge in [-0.1, -0.05) is 29.8 Å². The van der Waals surface area contributed by atoms with E-state index >= 15 is 0 Å².